The normalized spacial score (nSPS) is 11.5. The van der Waals surface area contributed by atoms with Crippen molar-refractivity contribution in [3.05, 3.63) is 57.0 Å². The van der Waals surface area contributed by atoms with Crippen molar-refractivity contribution < 1.29 is 17.9 Å². The van der Waals surface area contributed by atoms with Crippen LogP contribution in [0.1, 0.15) is 25.8 Å². The molecular weight excluding hydrogens is 483 g/mol. The summed E-state index contributed by atoms with van der Waals surface area (Å²) in [7, 11) is -3.78. The number of amides is 1. The van der Waals surface area contributed by atoms with Gasteiger partial charge in [-0.15, -0.1) is 0 Å². The van der Waals surface area contributed by atoms with Gasteiger partial charge in [0.05, 0.1) is 33.1 Å². The first-order valence-corrected chi connectivity index (χ1v) is 12.6. The molecule has 0 aliphatic rings. The molecule has 0 radical (unpaired) electrons. The monoisotopic (exact) mass is 506 g/mol. The van der Waals surface area contributed by atoms with E-state index in [4.69, 9.17) is 39.5 Å². The van der Waals surface area contributed by atoms with Crippen LogP contribution in [0, 0.1) is 0 Å². The smallest absolute Gasteiger partial charge is 0.240 e. The molecule has 0 heterocycles. The molecular formula is C21H25Cl3N2O4S. The number of carbonyl (C=O) groups is 1. The Balaban J connectivity index is 1.95. The van der Waals surface area contributed by atoms with E-state index in [-0.39, 0.29) is 26.9 Å². The summed E-state index contributed by atoms with van der Waals surface area (Å²) < 4.78 is 31.1. The minimum Gasteiger partial charge on any atom is -0.491 e. The number of benzene rings is 2. The highest BCUT2D eigenvalue weighted by atomic mass is 35.5. The first-order valence-electron chi connectivity index (χ1n) is 9.62. The van der Waals surface area contributed by atoms with Crippen LogP contribution in [0.25, 0.3) is 0 Å². The number of aryl methyl sites for hydroxylation is 1. The summed E-state index contributed by atoms with van der Waals surface area (Å²) >= 11 is 18.0. The molecule has 2 aromatic rings. The summed E-state index contributed by atoms with van der Waals surface area (Å²) in [5.41, 5.74) is 1.18. The van der Waals surface area contributed by atoms with Crippen molar-refractivity contribution in [2.24, 2.45) is 0 Å². The Kier molecular flexibility index (Phi) is 9.30. The number of nitrogens with one attached hydrogen (secondary N) is 1. The van der Waals surface area contributed by atoms with Gasteiger partial charge < -0.3 is 10.1 Å². The third-order valence-corrected chi connectivity index (χ3v) is 6.33. The van der Waals surface area contributed by atoms with E-state index < -0.39 is 22.5 Å². The summed E-state index contributed by atoms with van der Waals surface area (Å²) in [6.07, 6.45) is 2.51. The fraction of sp³-hybridized carbons (Fsp3) is 0.381. The van der Waals surface area contributed by atoms with Gasteiger partial charge in [-0.1, -0.05) is 46.9 Å². The molecule has 0 spiro atoms. The number of carbonyl (C=O) groups excluding carboxylic acids is 1. The lowest BCUT2D eigenvalue weighted by Crippen LogP contribution is -2.40. The highest BCUT2D eigenvalue weighted by Crippen LogP contribution is 2.35. The molecule has 2 rings (SSSR count). The maximum absolute atomic E-state index is 12.4. The summed E-state index contributed by atoms with van der Waals surface area (Å²) in [6, 6.07) is 10.5. The van der Waals surface area contributed by atoms with Crippen molar-refractivity contribution in [1.82, 2.24) is 5.32 Å². The molecule has 6 nitrogen and oxygen atoms in total. The molecule has 1 N–H and O–H groups in total. The highest BCUT2D eigenvalue weighted by molar-refractivity contribution is 7.92. The molecule has 0 bridgehead atoms. The van der Waals surface area contributed by atoms with E-state index in [0.29, 0.717) is 13.0 Å². The second-order valence-corrected chi connectivity index (χ2v) is 10.4. The quantitative estimate of drug-likeness (QED) is 0.365. The van der Waals surface area contributed by atoms with Crippen molar-refractivity contribution >= 4 is 56.4 Å². The Morgan fingerprint density at radius 2 is 1.77 bits per heavy atom. The number of hydrogen-bond donors (Lipinski definition) is 1. The molecule has 0 saturated carbocycles. The van der Waals surface area contributed by atoms with Crippen LogP contribution in [0.2, 0.25) is 15.1 Å². The van der Waals surface area contributed by atoms with Crippen LogP contribution in [0.5, 0.6) is 5.75 Å². The molecule has 0 saturated heterocycles. The predicted molar refractivity (Wildman–Crippen MR) is 127 cm³/mol. The summed E-state index contributed by atoms with van der Waals surface area (Å²) in [4.78, 5) is 12.4. The van der Waals surface area contributed by atoms with Gasteiger partial charge in [0.25, 0.3) is 0 Å². The average Bonchev–Trinajstić information content (AvgIpc) is 2.65. The molecule has 0 fully saturated rings. The van der Waals surface area contributed by atoms with Crippen molar-refractivity contribution in [2.75, 3.05) is 23.7 Å². The van der Waals surface area contributed by atoms with Crippen LogP contribution in [0.3, 0.4) is 0 Å². The number of hydrogen-bond acceptors (Lipinski definition) is 4. The van der Waals surface area contributed by atoms with Gasteiger partial charge in [0, 0.05) is 6.54 Å². The largest absolute Gasteiger partial charge is 0.491 e. The SMILES string of the molecule is CC(C)Oc1cccc(CCCNC(=O)CN(c2cc(Cl)c(Cl)cc2Cl)S(C)(=O)=O)c1. The second kappa shape index (κ2) is 11.3. The highest BCUT2D eigenvalue weighted by Gasteiger charge is 2.24. The zero-order valence-corrected chi connectivity index (χ0v) is 20.6. The number of anilines is 1. The average molecular weight is 508 g/mol. The van der Waals surface area contributed by atoms with Gasteiger partial charge in [0.15, 0.2) is 0 Å². The Labute approximate surface area is 198 Å². The lowest BCUT2D eigenvalue weighted by Gasteiger charge is -2.23. The number of sulfonamides is 1. The van der Waals surface area contributed by atoms with E-state index in [2.05, 4.69) is 5.32 Å². The standard InChI is InChI=1S/C21H25Cl3N2O4S/c1-14(2)30-16-8-4-6-15(10-16)7-5-9-25-21(27)13-26(31(3,28)29)20-12-18(23)17(22)11-19(20)24/h4,6,8,10-12,14H,5,7,9,13H2,1-3H3,(H,25,27). The fourth-order valence-corrected chi connectivity index (χ4v) is 4.39. The second-order valence-electron chi connectivity index (χ2n) is 7.25. The van der Waals surface area contributed by atoms with Crippen LogP contribution < -0.4 is 14.4 Å². The van der Waals surface area contributed by atoms with E-state index in [0.717, 1.165) is 28.3 Å². The lowest BCUT2D eigenvalue weighted by atomic mass is 10.1. The van der Waals surface area contributed by atoms with Crippen LogP contribution >= 0.6 is 34.8 Å². The molecule has 170 valence electrons. The lowest BCUT2D eigenvalue weighted by molar-refractivity contribution is -0.119. The third-order valence-electron chi connectivity index (χ3n) is 4.18. The van der Waals surface area contributed by atoms with Crippen LogP contribution in [-0.4, -0.2) is 39.8 Å². The Morgan fingerprint density at radius 3 is 2.42 bits per heavy atom. The zero-order valence-electron chi connectivity index (χ0n) is 17.5. The summed E-state index contributed by atoms with van der Waals surface area (Å²) in [6.45, 7) is 3.90. The van der Waals surface area contributed by atoms with E-state index in [1.807, 2.05) is 38.1 Å². The summed E-state index contributed by atoms with van der Waals surface area (Å²) in [5.74, 6) is 0.350. The van der Waals surface area contributed by atoms with Gasteiger partial charge in [-0.25, -0.2) is 8.42 Å². The van der Waals surface area contributed by atoms with Crippen molar-refractivity contribution in [2.45, 2.75) is 32.8 Å². The zero-order chi connectivity index (χ0) is 23.2. The first kappa shape index (κ1) is 25.6. The Morgan fingerprint density at radius 1 is 1.10 bits per heavy atom. The molecule has 0 unspecified atom stereocenters. The molecule has 0 aliphatic heterocycles. The van der Waals surface area contributed by atoms with Gasteiger partial charge in [-0.2, -0.15) is 0 Å². The van der Waals surface area contributed by atoms with Crippen LogP contribution in [0.4, 0.5) is 5.69 Å². The number of ether oxygens (including phenoxy) is 1. The van der Waals surface area contributed by atoms with Gasteiger partial charge >= 0.3 is 0 Å². The molecule has 0 aromatic heterocycles. The van der Waals surface area contributed by atoms with Crippen LogP contribution in [-0.2, 0) is 21.2 Å². The van der Waals surface area contributed by atoms with Crippen LogP contribution in [0.15, 0.2) is 36.4 Å². The minimum atomic E-state index is -3.78. The molecule has 0 atom stereocenters. The summed E-state index contributed by atoms with van der Waals surface area (Å²) in [5, 5.41) is 3.15. The number of halogens is 3. The van der Waals surface area contributed by atoms with E-state index in [9.17, 15) is 13.2 Å². The number of nitrogens with zero attached hydrogens (tertiary/aromatic N) is 1. The minimum absolute atomic E-state index is 0.0797. The maximum atomic E-state index is 12.4. The molecule has 0 aliphatic carbocycles. The van der Waals surface area contributed by atoms with Gasteiger partial charge in [0.1, 0.15) is 12.3 Å². The van der Waals surface area contributed by atoms with Crippen molar-refractivity contribution in [1.29, 1.82) is 0 Å². The molecule has 2 aromatic carbocycles. The maximum Gasteiger partial charge on any atom is 0.240 e. The number of rotatable bonds is 10. The van der Waals surface area contributed by atoms with E-state index >= 15 is 0 Å². The van der Waals surface area contributed by atoms with Crippen molar-refractivity contribution in [3.63, 3.8) is 0 Å². The van der Waals surface area contributed by atoms with Gasteiger partial charge in [-0.3, -0.25) is 9.10 Å². The first-order chi connectivity index (χ1) is 14.5. The van der Waals surface area contributed by atoms with E-state index in [1.165, 1.54) is 12.1 Å². The van der Waals surface area contributed by atoms with Crippen molar-refractivity contribution in [3.8, 4) is 5.75 Å². The third kappa shape index (κ3) is 8.07. The topological polar surface area (TPSA) is 75.7 Å². The Bertz CT molecular complexity index is 1030. The van der Waals surface area contributed by atoms with Gasteiger partial charge in [-0.05, 0) is 56.5 Å². The van der Waals surface area contributed by atoms with E-state index in [1.54, 1.807) is 0 Å². The van der Waals surface area contributed by atoms with Gasteiger partial charge in [0.2, 0.25) is 15.9 Å². The molecule has 31 heavy (non-hydrogen) atoms. The fourth-order valence-electron chi connectivity index (χ4n) is 2.84. The molecule has 1 amide bonds. The Hall–Kier alpha value is -1.67. The molecule has 10 heteroatoms. The predicted octanol–water partition coefficient (Wildman–Crippen LogP) is 4.95.